The van der Waals surface area contributed by atoms with E-state index in [0.29, 0.717) is 0 Å². The minimum Gasteiger partial charge on any atom is -0.261 e. The van der Waals surface area contributed by atoms with Crippen molar-refractivity contribution in [2.75, 3.05) is 0 Å². The summed E-state index contributed by atoms with van der Waals surface area (Å²) in [5.74, 6) is 0. The number of hydrogen-bond acceptors (Lipinski definition) is 4. The smallest absolute Gasteiger partial charge is 0.0981 e. The van der Waals surface area contributed by atoms with E-state index in [1.54, 1.807) is 31.0 Å². The fraction of sp³-hybridized carbons (Fsp3) is 0. The minimum atomic E-state index is 0.814. The first-order valence-corrected chi connectivity index (χ1v) is 4.91. The van der Waals surface area contributed by atoms with Gasteiger partial charge in [-0.05, 0) is 6.07 Å². The number of hydrogen-bond donors (Lipinski definition) is 0. The van der Waals surface area contributed by atoms with Gasteiger partial charge in [-0.15, -0.1) is 0 Å². The van der Waals surface area contributed by atoms with Crippen molar-refractivity contribution in [3.63, 3.8) is 0 Å². The van der Waals surface area contributed by atoms with Crippen LogP contribution in [0.4, 0.5) is 0 Å². The van der Waals surface area contributed by atoms with Crippen LogP contribution in [0.1, 0.15) is 0 Å². The Morgan fingerprint density at radius 3 is 2.56 bits per heavy atom. The lowest BCUT2D eigenvalue weighted by atomic mass is 10.1. The highest BCUT2D eigenvalue weighted by Crippen LogP contribution is 2.22. The number of benzene rings is 1. The Balaban J connectivity index is 2.32. The molecule has 0 saturated carbocycles. The van der Waals surface area contributed by atoms with Crippen molar-refractivity contribution >= 4 is 11.0 Å². The van der Waals surface area contributed by atoms with Crippen molar-refractivity contribution in [2.24, 2.45) is 0 Å². The molecule has 0 aliphatic heterocycles. The maximum Gasteiger partial charge on any atom is 0.0981 e. The molecule has 76 valence electrons. The fourth-order valence-corrected chi connectivity index (χ4v) is 1.64. The highest BCUT2D eigenvalue weighted by molar-refractivity contribution is 5.89. The van der Waals surface area contributed by atoms with Gasteiger partial charge in [-0.3, -0.25) is 19.9 Å². The second-order valence-corrected chi connectivity index (χ2v) is 3.32. The molecule has 0 unspecified atom stereocenters. The summed E-state index contributed by atoms with van der Waals surface area (Å²) in [4.78, 5) is 16.9. The van der Waals surface area contributed by atoms with Gasteiger partial charge in [0.2, 0.25) is 0 Å². The van der Waals surface area contributed by atoms with E-state index in [9.17, 15) is 0 Å². The number of rotatable bonds is 1. The maximum absolute atomic E-state index is 4.33. The van der Waals surface area contributed by atoms with E-state index in [4.69, 9.17) is 0 Å². The Morgan fingerprint density at radius 2 is 1.69 bits per heavy atom. The molecule has 0 aliphatic rings. The van der Waals surface area contributed by atoms with Gasteiger partial charge in [0.25, 0.3) is 0 Å². The van der Waals surface area contributed by atoms with Crippen LogP contribution in [0.2, 0.25) is 0 Å². The van der Waals surface area contributed by atoms with Crippen molar-refractivity contribution < 1.29 is 0 Å². The van der Waals surface area contributed by atoms with E-state index >= 15 is 0 Å². The molecule has 0 N–H and O–H groups in total. The molecule has 0 amide bonds. The Hall–Kier alpha value is -2.36. The molecule has 0 saturated heterocycles. The van der Waals surface area contributed by atoms with Crippen LogP contribution in [0.15, 0.2) is 49.2 Å². The van der Waals surface area contributed by atoms with Crippen LogP contribution in [0.3, 0.4) is 0 Å². The molecule has 0 radical (unpaired) electrons. The van der Waals surface area contributed by atoms with Gasteiger partial charge in [-0.1, -0.05) is 12.1 Å². The largest absolute Gasteiger partial charge is 0.261 e. The molecule has 4 nitrogen and oxygen atoms in total. The molecule has 0 bridgehead atoms. The van der Waals surface area contributed by atoms with E-state index in [-0.39, 0.29) is 0 Å². The van der Waals surface area contributed by atoms with E-state index in [2.05, 4.69) is 19.9 Å². The van der Waals surface area contributed by atoms with Crippen molar-refractivity contribution in [2.45, 2.75) is 0 Å². The molecule has 3 aromatic rings. The Bertz CT molecular complexity index is 617. The summed E-state index contributed by atoms with van der Waals surface area (Å²) in [6.07, 6.45) is 8.42. The minimum absolute atomic E-state index is 0.814. The average molecular weight is 208 g/mol. The van der Waals surface area contributed by atoms with Gasteiger partial charge in [0, 0.05) is 30.4 Å². The number of nitrogens with zero attached hydrogens (tertiary/aromatic N) is 4. The van der Waals surface area contributed by atoms with Crippen LogP contribution in [0.25, 0.3) is 22.3 Å². The number of aromatic nitrogens is 4. The standard InChI is InChI=1S/C12H8N4/c1-2-9(11-8-13-4-5-15-11)12-10(3-1)14-6-7-16-12/h1-8H. The average Bonchev–Trinajstić information content (AvgIpc) is 2.39. The molecule has 0 fully saturated rings. The quantitative estimate of drug-likeness (QED) is 0.614. The highest BCUT2D eigenvalue weighted by Gasteiger charge is 2.05. The monoisotopic (exact) mass is 208 g/mol. The van der Waals surface area contributed by atoms with Gasteiger partial charge in [0.15, 0.2) is 0 Å². The van der Waals surface area contributed by atoms with Crippen molar-refractivity contribution in [1.29, 1.82) is 0 Å². The third kappa shape index (κ3) is 1.40. The van der Waals surface area contributed by atoms with Crippen LogP contribution in [-0.2, 0) is 0 Å². The van der Waals surface area contributed by atoms with Crippen LogP contribution < -0.4 is 0 Å². The van der Waals surface area contributed by atoms with Gasteiger partial charge in [-0.2, -0.15) is 0 Å². The SMILES string of the molecule is c1cc(-c2cnccn2)c2nccnc2c1. The van der Waals surface area contributed by atoms with Crippen molar-refractivity contribution in [3.05, 3.63) is 49.2 Å². The normalized spacial score (nSPS) is 10.5. The van der Waals surface area contributed by atoms with Crippen LogP contribution in [-0.4, -0.2) is 19.9 Å². The van der Waals surface area contributed by atoms with E-state index in [1.165, 1.54) is 0 Å². The topological polar surface area (TPSA) is 51.6 Å². The lowest BCUT2D eigenvalue weighted by Crippen LogP contribution is -1.89. The third-order valence-electron chi connectivity index (χ3n) is 2.34. The van der Waals surface area contributed by atoms with Gasteiger partial charge in [0.05, 0.1) is 22.9 Å². The lowest BCUT2D eigenvalue weighted by Gasteiger charge is -2.02. The molecule has 0 atom stereocenters. The van der Waals surface area contributed by atoms with Crippen LogP contribution in [0, 0.1) is 0 Å². The summed E-state index contributed by atoms with van der Waals surface area (Å²) in [6, 6.07) is 5.85. The fourth-order valence-electron chi connectivity index (χ4n) is 1.64. The molecule has 2 aromatic heterocycles. The molecule has 0 aliphatic carbocycles. The second kappa shape index (κ2) is 3.66. The van der Waals surface area contributed by atoms with Crippen molar-refractivity contribution in [3.8, 4) is 11.3 Å². The summed E-state index contributed by atoms with van der Waals surface area (Å²) in [5.41, 5.74) is 3.49. The molecule has 16 heavy (non-hydrogen) atoms. The second-order valence-electron chi connectivity index (χ2n) is 3.32. The first kappa shape index (κ1) is 8.91. The van der Waals surface area contributed by atoms with Crippen LogP contribution >= 0.6 is 0 Å². The van der Waals surface area contributed by atoms with E-state index in [0.717, 1.165) is 22.3 Å². The van der Waals surface area contributed by atoms with Gasteiger partial charge in [0.1, 0.15) is 0 Å². The first-order valence-electron chi connectivity index (χ1n) is 4.91. The predicted octanol–water partition coefficient (Wildman–Crippen LogP) is 2.09. The first-order chi connectivity index (χ1) is 7.95. The highest BCUT2D eigenvalue weighted by atomic mass is 14.8. The molecular weight excluding hydrogens is 200 g/mol. The van der Waals surface area contributed by atoms with Gasteiger partial charge in [-0.25, -0.2) is 0 Å². The van der Waals surface area contributed by atoms with Gasteiger partial charge < -0.3 is 0 Å². The molecule has 4 heteroatoms. The maximum atomic E-state index is 4.33. The Kier molecular flexibility index (Phi) is 2.04. The molecular formula is C12H8N4. The zero-order chi connectivity index (χ0) is 10.8. The zero-order valence-electron chi connectivity index (χ0n) is 8.41. The Labute approximate surface area is 92.0 Å². The molecule has 2 heterocycles. The number of para-hydroxylation sites is 1. The van der Waals surface area contributed by atoms with Crippen LogP contribution in [0.5, 0.6) is 0 Å². The number of fused-ring (bicyclic) bond motifs is 1. The summed E-state index contributed by atoms with van der Waals surface area (Å²) in [6.45, 7) is 0. The molecule has 0 spiro atoms. The Morgan fingerprint density at radius 1 is 0.812 bits per heavy atom. The molecule has 3 rings (SSSR count). The third-order valence-corrected chi connectivity index (χ3v) is 2.34. The summed E-state index contributed by atoms with van der Waals surface area (Å²) in [7, 11) is 0. The van der Waals surface area contributed by atoms with E-state index < -0.39 is 0 Å². The lowest BCUT2D eigenvalue weighted by molar-refractivity contribution is 1.20. The zero-order valence-corrected chi connectivity index (χ0v) is 8.41. The van der Waals surface area contributed by atoms with E-state index in [1.807, 2.05) is 18.2 Å². The predicted molar refractivity (Wildman–Crippen MR) is 60.6 cm³/mol. The summed E-state index contributed by atoms with van der Waals surface area (Å²) in [5, 5.41) is 0. The van der Waals surface area contributed by atoms with Crippen molar-refractivity contribution in [1.82, 2.24) is 19.9 Å². The summed E-state index contributed by atoms with van der Waals surface area (Å²) >= 11 is 0. The summed E-state index contributed by atoms with van der Waals surface area (Å²) < 4.78 is 0. The molecule has 1 aromatic carbocycles. The van der Waals surface area contributed by atoms with Gasteiger partial charge >= 0.3 is 0 Å².